The minimum atomic E-state index is -0.749. The molecule has 0 fully saturated rings. The number of nitrogens with one attached hydrogen (secondary N) is 1. The molecule has 0 spiro atoms. The fourth-order valence-electron chi connectivity index (χ4n) is 1.61. The van der Waals surface area contributed by atoms with E-state index in [1.54, 1.807) is 12.1 Å². The molecule has 16 heavy (non-hydrogen) atoms. The fourth-order valence-corrected chi connectivity index (χ4v) is 1.61. The molecule has 1 rings (SSSR count). The van der Waals surface area contributed by atoms with Crippen LogP contribution in [0.5, 0.6) is 0 Å². The first kappa shape index (κ1) is 13.1. The topological polar surface area (TPSA) is 12.0 Å². The van der Waals surface area contributed by atoms with Gasteiger partial charge in [0.25, 0.3) is 0 Å². The van der Waals surface area contributed by atoms with Gasteiger partial charge in [0, 0.05) is 0 Å². The molecule has 1 N–H and O–H groups in total. The normalized spacial score (nSPS) is 10.7. The standard InChI is InChI=1S/C13H19F2N/c1-2-9-16-10-4-3-6-11-7-5-8-12(14)13(11)15/h5,7-8,16H,2-4,6,9-10H2,1H3. The molecule has 1 aromatic carbocycles. The molecule has 0 saturated heterocycles. The average Bonchev–Trinajstić information content (AvgIpc) is 2.29. The van der Waals surface area contributed by atoms with Crippen molar-refractivity contribution in [2.45, 2.75) is 32.6 Å². The van der Waals surface area contributed by atoms with Crippen molar-refractivity contribution in [2.24, 2.45) is 0 Å². The van der Waals surface area contributed by atoms with Crippen molar-refractivity contribution < 1.29 is 8.78 Å². The van der Waals surface area contributed by atoms with Gasteiger partial charge in [-0.3, -0.25) is 0 Å². The number of hydrogen-bond donors (Lipinski definition) is 1. The van der Waals surface area contributed by atoms with Crippen molar-refractivity contribution in [3.63, 3.8) is 0 Å². The van der Waals surface area contributed by atoms with Crippen LogP contribution < -0.4 is 5.32 Å². The van der Waals surface area contributed by atoms with Gasteiger partial charge >= 0.3 is 0 Å². The van der Waals surface area contributed by atoms with Crippen LogP contribution in [-0.2, 0) is 6.42 Å². The van der Waals surface area contributed by atoms with Crippen LogP contribution in [0, 0.1) is 11.6 Å². The van der Waals surface area contributed by atoms with Crippen molar-refractivity contribution in [1.29, 1.82) is 0 Å². The molecule has 1 aromatic rings. The molecule has 90 valence electrons. The van der Waals surface area contributed by atoms with Gasteiger partial charge in [0.05, 0.1) is 0 Å². The summed E-state index contributed by atoms with van der Waals surface area (Å²) in [5.41, 5.74) is 0.482. The van der Waals surface area contributed by atoms with Crippen LogP contribution >= 0.6 is 0 Å². The van der Waals surface area contributed by atoms with Crippen LogP contribution in [0.2, 0.25) is 0 Å². The predicted octanol–water partition coefficient (Wildman–Crippen LogP) is 3.29. The molecule has 0 amide bonds. The molecule has 0 radical (unpaired) electrons. The summed E-state index contributed by atoms with van der Waals surface area (Å²) in [6.07, 6.45) is 3.61. The second-order valence-corrected chi connectivity index (χ2v) is 3.92. The van der Waals surface area contributed by atoms with Crippen molar-refractivity contribution in [2.75, 3.05) is 13.1 Å². The van der Waals surface area contributed by atoms with E-state index >= 15 is 0 Å². The second kappa shape index (κ2) is 7.34. The van der Waals surface area contributed by atoms with Crippen LogP contribution in [0.3, 0.4) is 0 Å². The smallest absolute Gasteiger partial charge is 0.162 e. The third kappa shape index (κ3) is 4.27. The van der Waals surface area contributed by atoms with Crippen LogP contribution in [0.4, 0.5) is 8.78 Å². The van der Waals surface area contributed by atoms with E-state index in [0.717, 1.165) is 38.4 Å². The van der Waals surface area contributed by atoms with Crippen LogP contribution in [0.15, 0.2) is 18.2 Å². The lowest BCUT2D eigenvalue weighted by atomic mass is 10.1. The Labute approximate surface area is 95.9 Å². The van der Waals surface area contributed by atoms with Crippen LogP contribution in [0.1, 0.15) is 31.7 Å². The number of rotatable bonds is 7. The van der Waals surface area contributed by atoms with Gasteiger partial charge in [-0.15, -0.1) is 0 Å². The van der Waals surface area contributed by atoms with Gasteiger partial charge in [-0.25, -0.2) is 8.78 Å². The highest BCUT2D eigenvalue weighted by atomic mass is 19.2. The summed E-state index contributed by atoms with van der Waals surface area (Å²) in [5, 5.41) is 3.28. The number of halogens is 2. The summed E-state index contributed by atoms with van der Waals surface area (Å²) < 4.78 is 26.1. The summed E-state index contributed by atoms with van der Waals surface area (Å²) >= 11 is 0. The highest BCUT2D eigenvalue weighted by Gasteiger charge is 2.06. The summed E-state index contributed by atoms with van der Waals surface area (Å²) in [5.74, 6) is -1.44. The number of aryl methyl sites for hydroxylation is 1. The van der Waals surface area contributed by atoms with E-state index in [-0.39, 0.29) is 0 Å². The first-order valence-electron chi connectivity index (χ1n) is 5.89. The maximum atomic E-state index is 13.2. The zero-order chi connectivity index (χ0) is 11.8. The molecular weight excluding hydrogens is 208 g/mol. The van der Waals surface area contributed by atoms with E-state index in [1.807, 2.05) is 0 Å². The maximum absolute atomic E-state index is 13.2. The number of benzene rings is 1. The quantitative estimate of drug-likeness (QED) is 0.705. The lowest BCUT2D eigenvalue weighted by molar-refractivity contribution is 0.495. The Balaban J connectivity index is 2.24. The summed E-state index contributed by atoms with van der Waals surface area (Å²) in [6.45, 7) is 4.09. The molecule has 0 heterocycles. The molecule has 0 saturated carbocycles. The third-order valence-electron chi connectivity index (χ3n) is 2.51. The van der Waals surface area contributed by atoms with Crippen LogP contribution in [-0.4, -0.2) is 13.1 Å². The fraction of sp³-hybridized carbons (Fsp3) is 0.538. The minimum Gasteiger partial charge on any atom is -0.317 e. The monoisotopic (exact) mass is 227 g/mol. The van der Waals surface area contributed by atoms with Gasteiger partial charge in [0.2, 0.25) is 0 Å². The zero-order valence-electron chi connectivity index (χ0n) is 9.73. The number of hydrogen-bond acceptors (Lipinski definition) is 1. The van der Waals surface area contributed by atoms with Crippen molar-refractivity contribution in [3.05, 3.63) is 35.4 Å². The molecule has 0 unspecified atom stereocenters. The first-order valence-corrected chi connectivity index (χ1v) is 5.89. The Bertz CT molecular complexity index is 313. The van der Waals surface area contributed by atoms with E-state index in [4.69, 9.17) is 0 Å². The van der Waals surface area contributed by atoms with Crippen molar-refractivity contribution in [3.8, 4) is 0 Å². The number of unbranched alkanes of at least 4 members (excludes halogenated alkanes) is 1. The largest absolute Gasteiger partial charge is 0.317 e. The average molecular weight is 227 g/mol. The molecule has 0 aliphatic rings. The maximum Gasteiger partial charge on any atom is 0.162 e. The van der Waals surface area contributed by atoms with E-state index in [0.29, 0.717) is 12.0 Å². The second-order valence-electron chi connectivity index (χ2n) is 3.92. The lowest BCUT2D eigenvalue weighted by Crippen LogP contribution is -2.15. The van der Waals surface area contributed by atoms with E-state index in [9.17, 15) is 8.78 Å². The van der Waals surface area contributed by atoms with Gasteiger partial charge in [0.15, 0.2) is 11.6 Å². The van der Waals surface area contributed by atoms with E-state index in [2.05, 4.69) is 12.2 Å². The summed E-state index contributed by atoms with van der Waals surface area (Å²) in [7, 11) is 0. The Morgan fingerprint density at radius 1 is 1.12 bits per heavy atom. The van der Waals surface area contributed by atoms with Gasteiger partial charge in [-0.05, 0) is 50.4 Å². The lowest BCUT2D eigenvalue weighted by Gasteiger charge is -2.05. The van der Waals surface area contributed by atoms with Gasteiger partial charge in [-0.2, -0.15) is 0 Å². The van der Waals surface area contributed by atoms with Crippen molar-refractivity contribution in [1.82, 2.24) is 5.32 Å². The molecule has 0 bridgehead atoms. The highest BCUT2D eigenvalue weighted by molar-refractivity contribution is 5.18. The Morgan fingerprint density at radius 3 is 2.69 bits per heavy atom. The third-order valence-corrected chi connectivity index (χ3v) is 2.51. The Kier molecular flexibility index (Phi) is 6.01. The minimum absolute atomic E-state index is 0.482. The molecule has 0 atom stereocenters. The molecule has 1 nitrogen and oxygen atoms in total. The van der Waals surface area contributed by atoms with Gasteiger partial charge < -0.3 is 5.32 Å². The van der Waals surface area contributed by atoms with Crippen LogP contribution in [0.25, 0.3) is 0 Å². The Hall–Kier alpha value is -0.960. The van der Waals surface area contributed by atoms with E-state index in [1.165, 1.54) is 0 Å². The molecular formula is C13H19F2N. The zero-order valence-corrected chi connectivity index (χ0v) is 9.73. The van der Waals surface area contributed by atoms with Gasteiger partial charge in [0.1, 0.15) is 0 Å². The molecule has 0 aliphatic heterocycles. The molecule has 3 heteroatoms. The highest BCUT2D eigenvalue weighted by Crippen LogP contribution is 2.13. The molecule has 0 aliphatic carbocycles. The predicted molar refractivity (Wildman–Crippen MR) is 62.5 cm³/mol. The SMILES string of the molecule is CCCNCCCCc1cccc(F)c1F. The first-order chi connectivity index (χ1) is 7.75. The van der Waals surface area contributed by atoms with E-state index < -0.39 is 11.6 Å². The summed E-state index contributed by atoms with van der Waals surface area (Å²) in [6, 6.07) is 4.36. The summed E-state index contributed by atoms with van der Waals surface area (Å²) in [4.78, 5) is 0. The molecule has 0 aromatic heterocycles. The van der Waals surface area contributed by atoms with Gasteiger partial charge in [-0.1, -0.05) is 19.1 Å². The van der Waals surface area contributed by atoms with Crippen molar-refractivity contribution >= 4 is 0 Å². The Morgan fingerprint density at radius 2 is 1.94 bits per heavy atom.